The van der Waals surface area contributed by atoms with Crippen molar-refractivity contribution in [3.63, 3.8) is 0 Å². The molecule has 6 heteroatoms. The monoisotopic (exact) mass is 213 g/mol. The van der Waals surface area contributed by atoms with Gasteiger partial charge in [0.1, 0.15) is 11.6 Å². The van der Waals surface area contributed by atoms with Crippen molar-refractivity contribution in [3.05, 3.63) is 11.8 Å². The molecule has 0 fully saturated rings. The highest BCUT2D eigenvalue weighted by Gasteiger charge is 2.06. The minimum Gasteiger partial charge on any atom is -0.395 e. The maximum absolute atomic E-state index is 11.3. The van der Waals surface area contributed by atoms with Gasteiger partial charge in [-0.3, -0.25) is 4.79 Å². The summed E-state index contributed by atoms with van der Waals surface area (Å²) in [6.45, 7) is 1.000. The van der Waals surface area contributed by atoms with E-state index in [0.29, 0.717) is 19.7 Å². The van der Waals surface area contributed by atoms with Crippen LogP contribution in [0, 0.1) is 11.3 Å². The number of aliphatic hydroxyl groups excluding tert-OH is 1. The second kappa shape index (κ2) is 8.99. The molecule has 0 aromatic rings. The van der Waals surface area contributed by atoms with Crippen molar-refractivity contribution in [1.29, 1.82) is 5.26 Å². The van der Waals surface area contributed by atoms with Gasteiger partial charge in [-0.05, 0) is 0 Å². The Labute approximate surface area is 88.5 Å². The van der Waals surface area contributed by atoms with Crippen LogP contribution in [-0.4, -0.2) is 44.4 Å². The smallest absolute Gasteiger partial charge is 0.263 e. The normalized spacial score (nSPS) is 10.6. The Morgan fingerprint density at radius 3 is 2.87 bits per heavy atom. The number of carbonyl (C=O) groups excluding carboxylic acids is 1. The summed E-state index contributed by atoms with van der Waals surface area (Å²) in [5, 5.41) is 22.2. The lowest BCUT2D eigenvalue weighted by molar-refractivity contribution is -0.117. The fraction of sp³-hybridized carbons (Fsp3) is 0.556. The molecule has 3 N–H and O–H groups in total. The Morgan fingerprint density at radius 1 is 1.60 bits per heavy atom. The number of amides is 1. The van der Waals surface area contributed by atoms with E-state index in [0.717, 1.165) is 0 Å². The second-order valence-corrected chi connectivity index (χ2v) is 2.60. The van der Waals surface area contributed by atoms with Crippen LogP contribution >= 0.6 is 0 Å². The van der Waals surface area contributed by atoms with Gasteiger partial charge in [-0.1, -0.05) is 0 Å². The van der Waals surface area contributed by atoms with E-state index in [1.54, 1.807) is 6.07 Å². The van der Waals surface area contributed by atoms with Crippen molar-refractivity contribution in [2.45, 2.75) is 0 Å². The Hall–Kier alpha value is -1.58. The third-order valence-corrected chi connectivity index (χ3v) is 1.46. The molecule has 0 aromatic heterocycles. The van der Waals surface area contributed by atoms with Gasteiger partial charge >= 0.3 is 0 Å². The number of nitrogens with zero attached hydrogens (tertiary/aromatic N) is 1. The summed E-state index contributed by atoms with van der Waals surface area (Å²) in [4.78, 5) is 11.3. The molecule has 0 aliphatic heterocycles. The number of nitrogens with one attached hydrogen (secondary N) is 2. The van der Waals surface area contributed by atoms with Crippen molar-refractivity contribution in [2.24, 2.45) is 0 Å². The maximum atomic E-state index is 11.3. The van der Waals surface area contributed by atoms with E-state index in [1.165, 1.54) is 13.3 Å². The molecule has 84 valence electrons. The molecule has 0 saturated heterocycles. The molecule has 0 aromatic carbocycles. The lowest BCUT2D eigenvalue weighted by Crippen LogP contribution is -2.29. The van der Waals surface area contributed by atoms with Gasteiger partial charge < -0.3 is 20.5 Å². The predicted molar refractivity (Wildman–Crippen MR) is 53.7 cm³/mol. The Kier molecular flexibility index (Phi) is 8.05. The van der Waals surface area contributed by atoms with Crippen LogP contribution in [0.25, 0.3) is 0 Å². The summed E-state index contributed by atoms with van der Waals surface area (Å²) < 4.78 is 4.74. The highest BCUT2D eigenvalue weighted by Crippen LogP contribution is 1.89. The van der Waals surface area contributed by atoms with Crippen LogP contribution < -0.4 is 10.6 Å². The highest BCUT2D eigenvalue weighted by atomic mass is 16.5. The van der Waals surface area contributed by atoms with Gasteiger partial charge in [0.2, 0.25) is 0 Å². The second-order valence-electron chi connectivity index (χ2n) is 2.60. The average Bonchev–Trinajstić information content (AvgIpc) is 2.24. The summed E-state index contributed by atoms with van der Waals surface area (Å²) in [6.07, 6.45) is 1.28. The van der Waals surface area contributed by atoms with E-state index < -0.39 is 5.91 Å². The van der Waals surface area contributed by atoms with Crippen LogP contribution in [-0.2, 0) is 9.53 Å². The minimum atomic E-state index is -0.458. The third-order valence-electron chi connectivity index (χ3n) is 1.46. The summed E-state index contributed by atoms with van der Waals surface area (Å²) in [6, 6.07) is 1.75. The fourth-order valence-corrected chi connectivity index (χ4v) is 0.749. The number of aliphatic hydroxyl groups is 1. The molecule has 0 saturated carbocycles. The number of methoxy groups -OCH3 is 1. The summed E-state index contributed by atoms with van der Waals surface area (Å²) in [5.41, 5.74) is -0.0282. The number of rotatable bonds is 7. The standard InChI is InChI=1S/C9H15N3O3/c1-15-5-3-12-9(14)8(6-10)7-11-2-4-13/h7,11,13H,2-5H2,1H3,(H,12,14)/b8-7-. The largest absolute Gasteiger partial charge is 0.395 e. The molecule has 0 radical (unpaired) electrons. The topological polar surface area (TPSA) is 94.4 Å². The molecule has 0 heterocycles. The zero-order valence-corrected chi connectivity index (χ0v) is 8.62. The molecule has 15 heavy (non-hydrogen) atoms. The van der Waals surface area contributed by atoms with E-state index in [9.17, 15) is 4.79 Å². The fourth-order valence-electron chi connectivity index (χ4n) is 0.749. The van der Waals surface area contributed by atoms with Crippen molar-refractivity contribution >= 4 is 5.91 Å². The predicted octanol–water partition coefficient (Wildman–Crippen LogP) is -1.26. The molecule has 0 aliphatic carbocycles. The van der Waals surface area contributed by atoms with Gasteiger partial charge in [0.15, 0.2) is 0 Å². The first-order valence-electron chi connectivity index (χ1n) is 4.48. The summed E-state index contributed by atoms with van der Waals surface area (Å²) in [5.74, 6) is -0.458. The zero-order valence-electron chi connectivity index (χ0n) is 8.62. The van der Waals surface area contributed by atoms with E-state index in [2.05, 4.69) is 10.6 Å². The van der Waals surface area contributed by atoms with E-state index in [-0.39, 0.29) is 12.2 Å². The molecule has 0 bridgehead atoms. The number of carbonyl (C=O) groups is 1. The lowest BCUT2D eigenvalue weighted by atomic mass is 10.3. The SMILES string of the molecule is COCCNC(=O)/C(C#N)=C\NCCO. The highest BCUT2D eigenvalue weighted by molar-refractivity contribution is 5.97. The van der Waals surface area contributed by atoms with Crippen LogP contribution in [0.4, 0.5) is 0 Å². The number of hydrogen-bond donors (Lipinski definition) is 3. The van der Waals surface area contributed by atoms with Gasteiger partial charge in [0.25, 0.3) is 5.91 Å². The molecule has 6 nitrogen and oxygen atoms in total. The maximum Gasteiger partial charge on any atom is 0.263 e. The van der Waals surface area contributed by atoms with E-state index >= 15 is 0 Å². The van der Waals surface area contributed by atoms with Gasteiger partial charge in [0, 0.05) is 26.4 Å². The van der Waals surface area contributed by atoms with Crippen LogP contribution in [0.5, 0.6) is 0 Å². The van der Waals surface area contributed by atoms with Crippen molar-refractivity contribution in [2.75, 3.05) is 33.4 Å². The van der Waals surface area contributed by atoms with E-state index in [4.69, 9.17) is 15.1 Å². The molecule has 0 aliphatic rings. The summed E-state index contributed by atoms with van der Waals surface area (Å²) in [7, 11) is 1.52. The first kappa shape index (κ1) is 13.4. The van der Waals surface area contributed by atoms with Crippen LogP contribution in [0.3, 0.4) is 0 Å². The Morgan fingerprint density at radius 2 is 2.33 bits per heavy atom. The molecule has 0 unspecified atom stereocenters. The number of ether oxygens (including phenoxy) is 1. The molecule has 0 spiro atoms. The average molecular weight is 213 g/mol. The van der Waals surface area contributed by atoms with Crippen LogP contribution in [0.2, 0.25) is 0 Å². The third kappa shape index (κ3) is 6.49. The minimum absolute atomic E-state index is 0.0282. The van der Waals surface area contributed by atoms with Crippen molar-refractivity contribution in [3.8, 4) is 6.07 Å². The van der Waals surface area contributed by atoms with E-state index in [1.807, 2.05) is 0 Å². The Bertz CT molecular complexity index is 258. The quantitative estimate of drug-likeness (QED) is 0.279. The first-order chi connectivity index (χ1) is 7.26. The Balaban J connectivity index is 4.00. The summed E-state index contributed by atoms with van der Waals surface area (Å²) >= 11 is 0. The van der Waals surface area contributed by atoms with Gasteiger partial charge in [-0.25, -0.2) is 0 Å². The molecular formula is C9H15N3O3. The van der Waals surface area contributed by atoms with Crippen LogP contribution in [0.1, 0.15) is 0 Å². The van der Waals surface area contributed by atoms with Gasteiger partial charge in [-0.2, -0.15) is 5.26 Å². The molecule has 1 amide bonds. The number of nitriles is 1. The molecular weight excluding hydrogens is 198 g/mol. The zero-order chi connectivity index (χ0) is 11.5. The number of hydrogen-bond acceptors (Lipinski definition) is 5. The van der Waals surface area contributed by atoms with Crippen molar-refractivity contribution in [1.82, 2.24) is 10.6 Å². The van der Waals surface area contributed by atoms with Crippen molar-refractivity contribution < 1.29 is 14.6 Å². The molecule has 0 atom stereocenters. The van der Waals surface area contributed by atoms with Gasteiger partial charge in [-0.15, -0.1) is 0 Å². The first-order valence-corrected chi connectivity index (χ1v) is 4.48. The van der Waals surface area contributed by atoms with Gasteiger partial charge in [0.05, 0.1) is 13.2 Å². The molecule has 0 rings (SSSR count). The lowest BCUT2D eigenvalue weighted by Gasteiger charge is -2.03. The van der Waals surface area contributed by atoms with Crippen LogP contribution in [0.15, 0.2) is 11.8 Å².